The van der Waals surface area contributed by atoms with Crippen LogP contribution in [0.1, 0.15) is 31.7 Å². The fraction of sp³-hybridized carbons (Fsp3) is 0.429. The second kappa shape index (κ2) is 3.97. The van der Waals surface area contributed by atoms with Crippen LogP contribution in [0.5, 0.6) is 5.75 Å². The third-order valence-electron chi connectivity index (χ3n) is 3.82. The molecule has 1 unspecified atom stereocenters. The zero-order chi connectivity index (χ0) is 12.8. The topological polar surface area (TPSA) is 21.3 Å². The van der Waals surface area contributed by atoms with Crippen molar-refractivity contribution in [1.29, 1.82) is 0 Å². The average molecular weight is 251 g/mol. The maximum absolute atomic E-state index is 12.2. The van der Waals surface area contributed by atoms with Gasteiger partial charge in [0.2, 0.25) is 0 Å². The van der Waals surface area contributed by atoms with Crippen LogP contribution in [0, 0.1) is 0 Å². The van der Waals surface area contributed by atoms with E-state index in [1.165, 1.54) is 12.0 Å². The van der Waals surface area contributed by atoms with E-state index in [0.29, 0.717) is 0 Å². The van der Waals surface area contributed by atoms with Gasteiger partial charge in [-0.1, -0.05) is 6.08 Å². The molecule has 4 heteroatoms. The third kappa shape index (κ3) is 1.85. The highest BCUT2D eigenvalue weighted by Gasteiger charge is 2.36. The fourth-order valence-electron chi connectivity index (χ4n) is 2.88. The van der Waals surface area contributed by atoms with Crippen molar-refractivity contribution in [2.75, 3.05) is 5.32 Å². The average Bonchev–Trinajstić information content (AvgIpc) is 2.65. The van der Waals surface area contributed by atoms with Crippen molar-refractivity contribution in [2.24, 2.45) is 0 Å². The van der Waals surface area contributed by atoms with Gasteiger partial charge in [-0.25, -0.2) is 0 Å². The highest BCUT2D eigenvalue weighted by molar-refractivity contribution is 5.76. The number of halogens is 2. The second-order valence-electron chi connectivity index (χ2n) is 5.11. The summed E-state index contributed by atoms with van der Waals surface area (Å²) in [6, 6.07) is 5.05. The molecule has 1 atom stereocenters. The number of hydrogen-bond donors (Lipinski definition) is 1. The van der Waals surface area contributed by atoms with Crippen LogP contribution in [0.15, 0.2) is 23.8 Å². The molecule has 0 bridgehead atoms. The van der Waals surface area contributed by atoms with Crippen molar-refractivity contribution < 1.29 is 13.5 Å². The number of rotatable bonds is 2. The van der Waals surface area contributed by atoms with Crippen molar-refractivity contribution in [3.63, 3.8) is 0 Å². The number of fused-ring (bicyclic) bond motifs is 2. The predicted octanol–water partition coefficient (Wildman–Crippen LogP) is 4.04. The summed E-state index contributed by atoms with van der Waals surface area (Å²) in [5, 5.41) is 3.50. The molecule has 1 fully saturated rings. The van der Waals surface area contributed by atoms with Gasteiger partial charge in [0, 0.05) is 11.3 Å². The Morgan fingerprint density at radius 2 is 2.22 bits per heavy atom. The Morgan fingerprint density at radius 1 is 1.39 bits per heavy atom. The third-order valence-corrected chi connectivity index (χ3v) is 3.82. The summed E-state index contributed by atoms with van der Waals surface area (Å²) in [5.74, 6) is 0.212. The maximum atomic E-state index is 12.2. The first kappa shape index (κ1) is 11.5. The van der Waals surface area contributed by atoms with E-state index < -0.39 is 6.61 Å². The lowest BCUT2D eigenvalue weighted by Gasteiger charge is -2.33. The van der Waals surface area contributed by atoms with Crippen molar-refractivity contribution in [2.45, 2.75) is 38.3 Å². The van der Waals surface area contributed by atoms with Crippen LogP contribution in [-0.2, 0) is 0 Å². The van der Waals surface area contributed by atoms with E-state index in [9.17, 15) is 8.78 Å². The lowest BCUT2D eigenvalue weighted by Crippen LogP contribution is -2.35. The van der Waals surface area contributed by atoms with E-state index >= 15 is 0 Å². The van der Waals surface area contributed by atoms with Crippen molar-refractivity contribution in [3.8, 4) is 5.75 Å². The minimum absolute atomic E-state index is 0.0398. The number of hydrogen-bond acceptors (Lipinski definition) is 2. The molecule has 96 valence electrons. The van der Waals surface area contributed by atoms with Gasteiger partial charge in [0.1, 0.15) is 5.75 Å². The first-order valence-electron chi connectivity index (χ1n) is 6.15. The van der Waals surface area contributed by atoms with Crippen LogP contribution in [-0.4, -0.2) is 12.2 Å². The van der Waals surface area contributed by atoms with Crippen molar-refractivity contribution in [3.05, 3.63) is 29.3 Å². The maximum Gasteiger partial charge on any atom is 0.387 e. The van der Waals surface area contributed by atoms with Crippen LogP contribution >= 0.6 is 0 Å². The summed E-state index contributed by atoms with van der Waals surface area (Å²) in [4.78, 5) is 0. The Balaban J connectivity index is 1.96. The Bertz CT molecular complexity index is 513. The molecular weight excluding hydrogens is 236 g/mol. The fourth-order valence-corrected chi connectivity index (χ4v) is 2.88. The minimum Gasteiger partial charge on any atom is -0.435 e. The summed E-state index contributed by atoms with van der Waals surface area (Å²) < 4.78 is 28.8. The smallest absolute Gasteiger partial charge is 0.387 e. The molecule has 2 aliphatic rings. The predicted molar refractivity (Wildman–Crippen MR) is 66.9 cm³/mol. The van der Waals surface area contributed by atoms with Gasteiger partial charge >= 0.3 is 6.61 Å². The molecular formula is C14H15F2NO. The molecule has 1 heterocycles. The number of ether oxygens (including phenoxy) is 1. The Labute approximate surface area is 105 Å². The molecule has 1 aromatic carbocycles. The summed E-state index contributed by atoms with van der Waals surface area (Å²) in [6.07, 6.45) is 5.47. The van der Waals surface area contributed by atoms with Crippen LogP contribution in [0.4, 0.5) is 14.5 Å². The number of alkyl halides is 2. The number of nitrogens with one attached hydrogen (secondary N) is 1. The van der Waals surface area contributed by atoms with Crippen LogP contribution in [0.2, 0.25) is 0 Å². The van der Waals surface area contributed by atoms with Gasteiger partial charge in [0.15, 0.2) is 0 Å². The van der Waals surface area contributed by atoms with Gasteiger partial charge in [-0.3, -0.25) is 0 Å². The largest absolute Gasteiger partial charge is 0.435 e. The summed E-state index contributed by atoms with van der Waals surface area (Å²) in [6.45, 7) is -0.581. The van der Waals surface area contributed by atoms with E-state index in [2.05, 4.69) is 23.1 Å². The molecule has 0 radical (unpaired) electrons. The highest BCUT2D eigenvalue weighted by Crippen LogP contribution is 2.44. The van der Waals surface area contributed by atoms with E-state index in [0.717, 1.165) is 24.1 Å². The van der Waals surface area contributed by atoms with Gasteiger partial charge in [-0.2, -0.15) is 8.78 Å². The SMILES string of the molecule is CC12CCCC1=Cc1cc(OC(F)F)ccc1N2. The number of benzene rings is 1. The van der Waals surface area contributed by atoms with Crippen molar-refractivity contribution in [1.82, 2.24) is 0 Å². The van der Waals surface area contributed by atoms with Crippen molar-refractivity contribution >= 4 is 11.8 Å². The zero-order valence-corrected chi connectivity index (χ0v) is 10.2. The molecule has 0 amide bonds. The summed E-state index contributed by atoms with van der Waals surface area (Å²) in [7, 11) is 0. The monoisotopic (exact) mass is 251 g/mol. The number of anilines is 1. The zero-order valence-electron chi connectivity index (χ0n) is 10.2. The molecule has 1 saturated carbocycles. The molecule has 1 aromatic rings. The second-order valence-corrected chi connectivity index (χ2v) is 5.11. The lowest BCUT2D eigenvalue weighted by atomic mass is 9.89. The Kier molecular flexibility index (Phi) is 2.54. The lowest BCUT2D eigenvalue weighted by molar-refractivity contribution is -0.0498. The van der Waals surface area contributed by atoms with Crippen LogP contribution in [0.25, 0.3) is 6.08 Å². The van der Waals surface area contributed by atoms with Gasteiger partial charge in [0.05, 0.1) is 5.54 Å². The molecule has 1 aliphatic heterocycles. The molecule has 2 nitrogen and oxygen atoms in total. The minimum atomic E-state index is -2.77. The highest BCUT2D eigenvalue weighted by atomic mass is 19.3. The van der Waals surface area contributed by atoms with E-state index in [4.69, 9.17) is 0 Å². The van der Waals surface area contributed by atoms with Gasteiger partial charge in [0.25, 0.3) is 0 Å². The molecule has 1 aliphatic carbocycles. The summed E-state index contributed by atoms with van der Waals surface area (Å²) >= 11 is 0. The van der Waals surface area contributed by atoms with E-state index in [1.54, 1.807) is 12.1 Å². The van der Waals surface area contributed by atoms with E-state index in [-0.39, 0.29) is 11.3 Å². The molecule has 0 aromatic heterocycles. The molecule has 1 N–H and O–H groups in total. The van der Waals surface area contributed by atoms with Gasteiger partial charge in [-0.05, 0) is 50.0 Å². The molecule has 3 rings (SSSR count). The Morgan fingerprint density at radius 3 is 3.00 bits per heavy atom. The first-order chi connectivity index (χ1) is 8.57. The Hall–Kier alpha value is -1.58. The summed E-state index contributed by atoms with van der Waals surface area (Å²) in [5.41, 5.74) is 3.31. The van der Waals surface area contributed by atoms with E-state index in [1.807, 2.05) is 6.07 Å². The first-order valence-corrected chi connectivity index (χ1v) is 6.15. The molecule has 18 heavy (non-hydrogen) atoms. The molecule has 0 spiro atoms. The quantitative estimate of drug-likeness (QED) is 0.856. The van der Waals surface area contributed by atoms with Crippen LogP contribution in [0.3, 0.4) is 0 Å². The normalized spacial score (nSPS) is 25.2. The molecule has 0 saturated heterocycles. The van der Waals surface area contributed by atoms with Gasteiger partial charge in [-0.15, -0.1) is 0 Å². The standard InChI is InChI=1S/C14H15F2NO/c1-14-6-2-3-10(14)7-9-8-11(18-13(15)16)4-5-12(9)17-14/h4-5,7-8,13,17H,2-3,6H2,1H3. The van der Waals surface area contributed by atoms with Gasteiger partial charge < -0.3 is 10.1 Å². The van der Waals surface area contributed by atoms with Crippen LogP contribution < -0.4 is 10.1 Å².